The van der Waals surface area contributed by atoms with Crippen molar-refractivity contribution in [3.05, 3.63) is 23.5 Å². The molecule has 0 spiro atoms. The second-order valence-corrected chi connectivity index (χ2v) is 3.65. The minimum atomic E-state index is 0.411. The summed E-state index contributed by atoms with van der Waals surface area (Å²) in [5, 5.41) is 0. The van der Waals surface area contributed by atoms with Crippen molar-refractivity contribution in [3.8, 4) is 5.75 Å². The van der Waals surface area contributed by atoms with Crippen molar-refractivity contribution in [2.75, 3.05) is 0 Å². The Morgan fingerprint density at radius 1 is 1.50 bits per heavy atom. The molecule has 0 amide bonds. The van der Waals surface area contributed by atoms with Gasteiger partial charge in [-0.3, -0.25) is 4.98 Å². The van der Waals surface area contributed by atoms with Gasteiger partial charge in [0.05, 0.1) is 12.3 Å². The molecule has 3 heteroatoms. The molecule has 1 aromatic heterocycles. The molecule has 1 fully saturated rings. The van der Waals surface area contributed by atoms with Crippen LogP contribution in [0.4, 0.5) is 0 Å². The van der Waals surface area contributed by atoms with E-state index in [0.29, 0.717) is 12.6 Å². The third kappa shape index (κ3) is 1.87. The number of nitrogens with zero attached hydrogens (tertiary/aromatic N) is 1. The highest BCUT2D eigenvalue weighted by atomic mass is 16.5. The molecule has 1 aliphatic carbocycles. The van der Waals surface area contributed by atoms with E-state index in [0.717, 1.165) is 17.7 Å². The van der Waals surface area contributed by atoms with Gasteiger partial charge in [-0.15, -0.1) is 0 Å². The van der Waals surface area contributed by atoms with Gasteiger partial charge in [-0.05, 0) is 24.8 Å². The number of ether oxygens (including phenoxy) is 1. The minimum Gasteiger partial charge on any atom is -0.488 e. The van der Waals surface area contributed by atoms with Crippen molar-refractivity contribution in [3.63, 3.8) is 0 Å². The molecule has 0 radical (unpaired) electrons. The second-order valence-electron chi connectivity index (χ2n) is 3.65. The lowest BCUT2D eigenvalue weighted by molar-refractivity contribution is 0.298. The predicted molar refractivity (Wildman–Crippen MR) is 55.2 cm³/mol. The van der Waals surface area contributed by atoms with Crippen LogP contribution >= 0.6 is 0 Å². The zero-order valence-corrected chi connectivity index (χ0v) is 8.49. The molecule has 2 rings (SSSR count). The Bertz CT molecular complexity index is 321. The van der Waals surface area contributed by atoms with E-state index < -0.39 is 0 Å². The van der Waals surface area contributed by atoms with Gasteiger partial charge in [-0.2, -0.15) is 0 Å². The van der Waals surface area contributed by atoms with Gasteiger partial charge in [0.15, 0.2) is 0 Å². The summed E-state index contributed by atoms with van der Waals surface area (Å²) in [6.07, 6.45) is 7.36. The van der Waals surface area contributed by atoms with Crippen LogP contribution in [0.5, 0.6) is 5.75 Å². The van der Waals surface area contributed by atoms with E-state index in [-0.39, 0.29) is 0 Å². The smallest absolute Gasteiger partial charge is 0.142 e. The minimum absolute atomic E-state index is 0.411. The van der Waals surface area contributed by atoms with Crippen LogP contribution in [0.15, 0.2) is 12.4 Å². The van der Waals surface area contributed by atoms with Gasteiger partial charge in [0.1, 0.15) is 5.75 Å². The molecule has 0 aliphatic heterocycles. The van der Waals surface area contributed by atoms with Gasteiger partial charge in [0.2, 0.25) is 0 Å². The molecule has 1 heterocycles. The van der Waals surface area contributed by atoms with Crippen LogP contribution < -0.4 is 10.5 Å². The molecule has 2 N–H and O–H groups in total. The van der Waals surface area contributed by atoms with Crippen molar-refractivity contribution < 1.29 is 4.74 Å². The molecular formula is C11H16N2O. The van der Waals surface area contributed by atoms with Crippen LogP contribution in [0.3, 0.4) is 0 Å². The van der Waals surface area contributed by atoms with Gasteiger partial charge < -0.3 is 10.5 Å². The maximum Gasteiger partial charge on any atom is 0.142 e. The van der Waals surface area contributed by atoms with Gasteiger partial charge in [0.25, 0.3) is 0 Å². The summed E-state index contributed by atoms with van der Waals surface area (Å²) in [5.74, 6) is 0.884. The zero-order chi connectivity index (χ0) is 9.97. The summed E-state index contributed by atoms with van der Waals surface area (Å²) < 4.78 is 5.75. The zero-order valence-electron chi connectivity index (χ0n) is 8.49. The Kier molecular flexibility index (Phi) is 2.68. The van der Waals surface area contributed by atoms with Crippen LogP contribution in [-0.4, -0.2) is 11.1 Å². The van der Waals surface area contributed by atoms with E-state index in [1.807, 2.05) is 6.20 Å². The molecule has 1 aromatic rings. The van der Waals surface area contributed by atoms with Crippen molar-refractivity contribution in [2.24, 2.45) is 5.73 Å². The Morgan fingerprint density at radius 2 is 2.29 bits per heavy atom. The average molecular weight is 192 g/mol. The number of aromatic nitrogens is 1. The van der Waals surface area contributed by atoms with E-state index in [1.165, 1.54) is 18.4 Å². The lowest BCUT2D eigenvalue weighted by Crippen LogP contribution is -2.07. The molecular weight excluding hydrogens is 176 g/mol. The largest absolute Gasteiger partial charge is 0.488 e. The lowest BCUT2D eigenvalue weighted by atomic mass is 10.1. The lowest BCUT2D eigenvalue weighted by Gasteiger charge is -2.12. The Hall–Kier alpha value is -1.09. The maximum atomic E-state index is 5.75. The average Bonchev–Trinajstić information content (AvgIpc) is 3.01. The van der Waals surface area contributed by atoms with Crippen molar-refractivity contribution in [1.82, 2.24) is 4.98 Å². The molecule has 3 nitrogen and oxygen atoms in total. The fourth-order valence-corrected chi connectivity index (χ4v) is 1.51. The number of pyridine rings is 1. The van der Waals surface area contributed by atoms with E-state index in [4.69, 9.17) is 10.5 Å². The Morgan fingerprint density at radius 3 is 2.86 bits per heavy atom. The first-order valence-corrected chi connectivity index (χ1v) is 5.17. The molecule has 14 heavy (non-hydrogen) atoms. The van der Waals surface area contributed by atoms with E-state index in [2.05, 4.69) is 11.9 Å². The quantitative estimate of drug-likeness (QED) is 0.789. The Labute approximate surface area is 84.3 Å². The van der Waals surface area contributed by atoms with E-state index in [9.17, 15) is 0 Å². The van der Waals surface area contributed by atoms with E-state index in [1.54, 1.807) is 6.20 Å². The monoisotopic (exact) mass is 192 g/mol. The second kappa shape index (κ2) is 3.96. The fraction of sp³-hybridized carbons (Fsp3) is 0.545. The molecule has 76 valence electrons. The third-order valence-electron chi connectivity index (χ3n) is 2.51. The maximum absolute atomic E-state index is 5.75. The molecule has 0 aromatic carbocycles. The molecule has 1 aliphatic rings. The highest BCUT2D eigenvalue weighted by Gasteiger charge is 2.24. The summed E-state index contributed by atoms with van der Waals surface area (Å²) >= 11 is 0. The highest BCUT2D eigenvalue weighted by Crippen LogP contribution is 2.29. The molecule has 0 saturated heterocycles. The third-order valence-corrected chi connectivity index (χ3v) is 2.51. The van der Waals surface area contributed by atoms with Gasteiger partial charge >= 0.3 is 0 Å². The summed E-state index contributed by atoms with van der Waals surface area (Å²) in [4.78, 5) is 4.16. The number of hydrogen-bond donors (Lipinski definition) is 1. The molecule has 0 unspecified atom stereocenters. The standard InChI is InChI=1S/C11H16N2O/c1-2-8-6-13-7-11(10(8)5-12)14-9-3-4-9/h6-7,9H,2-5,12H2,1H3. The van der Waals surface area contributed by atoms with Gasteiger partial charge in [-0.25, -0.2) is 0 Å². The number of nitrogens with two attached hydrogens (primary N) is 1. The SMILES string of the molecule is CCc1cncc(OC2CC2)c1CN. The summed E-state index contributed by atoms with van der Waals surface area (Å²) in [6.45, 7) is 2.64. The van der Waals surface area contributed by atoms with Gasteiger partial charge in [0, 0.05) is 18.3 Å². The topological polar surface area (TPSA) is 48.1 Å². The Balaban J connectivity index is 2.26. The predicted octanol–water partition coefficient (Wildman–Crippen LogP) is 1.64. The highest BCUT2D eigenvalue weighted by molar-refractivity contribution is 5.37. The number of hydrogen-bond acceptors (Lipinski definition) is 3. The summed E-state index contributed by atoms with van der Waals surface area (Å²) in [6, 6.07) is 0. The van der Waals surface area contributed by atoms with Crippen LogP contribution in [0.1, 0.15) is 30.9 Å². The van der Waals surface area contributed by atoms with Crippen LogP contribution in [0.25, 0.3) is 0 Å². The van der Waals surface area contributed by atoms with Gasteiger partial charge in [-0.1, -0.05) is 6.92 Å². The summed E-state index contributed by atoms with van der Waals surface area (Å²) in [7, 11) is 0. The number of aryl methyl sites for hydroxylation is 1. The fourth-order valence-electron chi connectivity index (χ4n) is 1.51. The first-order valence-electron chi connectivity index (χ1n) is 5.17. The van der Waals surface area contributed by atoms with Crippen molar-refractivity contribution >= 4 is 0 Å². The van der Waals surface area contributed by atoms with Crippen LogP contribution in [0, 0.1) is 0 Å². The summed E-state index contributed by atoms with van der Waals surface area (Å²) in [5.41, 5.74) is 8.03. The van der Waals surface area contributed by atoms with Crippen LogP contribution in [-0.2, 0) is 13.0 Å². The van der Waals surface area contributed by atoms with Crippen LogP contribution in [0.2, 0.25) is 0 Å². The molecule has 0 atom stereocenters. The number of rotatable bonds is 4. The first-order chi connectivity index (χ1) is 6.85. The first kappa shape index (κ1) is 9.46. The van der Waals surface area contributed by atoms with E-state index >= 15 is 0 Å². The van der Waals surface area contributed by atoms with Crippen molar-refractivity contribution in [1.29, 1.82) is 0 Å². The molecule has 1 saturated carbocycles. The molecule has 0 bridgehead atoms. The van der Waals surface area contributed by atoms with Crippen molar-refractivity contribution in [2.45, 2.75) is 38.8 Å². The normalized spacial score (nSPS) is 15.6.